The van der Waals surface area contributed by atoms with Crippen molar-refractivity contribution >= 4 is 11.9 Å². The second-order valence-corrected chi connectivity index (χ2v) is 6.52. The molecule has 27 heavy (non-hydrogen) atoms. The van der Waals surface area contributed by atoms with Crippen molar-refractivity contribution in [3.63, 3.8) is 0 Å². The molecule has 8 nitrogen and oxygen atoms in total. The zero-order valence-electron chi connectivity index (χ0n) is 15.1. The van der Waals surface area contributed by atoms with Crippen LogP contribution in [0.2, 0.25) is 0 Å². The van der Waals surface area contributed by atoms with Gasteiger partial charge in [0.2, 0.25) is 11.9 Å². The van der Waals surface area contributed by atoms with Crippen molar-refractivity contribution in [2.75, 3.05) is 11.4 Å². The Morgan fingerprint density at radius 1 is 1.22 bits per heavy atom. The number of rotatable bonds is 5. The van der Waals surface area contributed by atoms with Gasteiger partial charge < -0.3 is 14.8 Å². The number of fused-ring (bicyclic) bond motifs is 1. The Labute approximate surface area is 157 Å². The number of carbonyl (C=O) groups is 1. The lowest BCUT2D eigenvalue weighted by molar-refractivity contribution is -0.120. The lowest BCUT2D eigenvalue weighted by Gasteiger charge is -2.33. The summed E-state index contributed by atoms with van der Waals surface area (Å²) >= 11 is 0. The smallest absolute Gasteiger partial charge is 0.226 e. The van der Waals surface area contributed by atoms with Crippen molar-refractivity contribution < 1.29 is 4.79 Å². The topological polar surface area (TPSA) is 88.8 Å². The molecule has 138 valence electrons. The van der Waals surface area contributed by atoms with Crippen LogP contribution in [0.5, 0.6) is 0 Å². The van der Waals surface area contributed by atoms with Crippen molar-refractivity contribution in [1.29, 1.82) is 0 Å². The molecule has 1 aliphatic rings. The molecular formula is C19H21N7O. The average Bonchev–Trinajstić information content (AvgIpc) is 3.11. The highest BCUT2D eigenvalue weighted by molar-refractivity contribution is 5.78. The van der Waals surface area contributed by atoms with E-state index in [-0.39, 0.29) is 18.4 Å². The number of anilines is 1. The van der Waals surface area contributed by atoms with Crippen LogP contribution >= 0.6 is 0 Å². The molecule has 1 unspecified atom stereocenters. The largest absolute Gasteiger partial charge is 0.352 e. The van der Waals surface area contributed by atoms with E-state index in [2.05, 4.69) is 36.7 Å². The lowest BCUT2D eigenvalue weighted by atomic mass is 10.2. The van der Waals surface area contributed by atoms with Gasteiger partial charge in [0.25, 0.3) is 0 Å². The molecule has 4 heterocycles. The van der Waals surface area contributed by atoms with Crippen molar-refractivity contribution in [1.82, 2.24) is 29.8 Å². The van der Waals surface area contributed by atoms with Crippen molar-refractivity contribution in [2.45, 2.75) is 32.5 Å². The molecule has 0 aliphatic carbocycles. The van der Waals surface area contributed by atoms with E-state index in [9.17, 15) is 4.79 Å². The maximum atomic E-state index is 12.3. The zero-order chi connectivity index (χ0) is 18.6. The third-order valence-electron chi connectivity index (χ3n) is 4.64. The van der Waals surface area contributed by atoms with Gasteiger partial charge in [-0.3, -0.25) is 9.78 Å². The minimum atomic E-state index is -0.0507. The molecule has 0 saturated heterocycles. The molecular weight excluding hydrogens is 342 g/mol. The van der Waals surface area contributed by atoms with E-state index in [0.717, 1.165) is 30.2 Å². The van der Waals surface area contributed by atoms with E-state index in [1.54, 1.807) is 30.9 Å². The van der Waals surface area contributed by atoms with Crippen LogP contribution < -0.4 is 10.2 Å². The number of aromatic nitrogens is 5. The number of imidazole rings is 1. The number of nitrogens with zero attached hydrogens (tertiary/aromatic N) is 6. The number of amides is 1. The Bertz CT molecular complexity index is 910. The first-order chi connectivity index (χ1) is 13.2. The van der Waals surface area contributed by atoms with Crippen molar-refractivity contribution in [2.24, 2.45) is 0 Å². The summed E-state index contributed by atoms with van der Waals surface area (Å²) in [6, 6.07) is 5.65. The summed E-state index contributed by atoms with van der Waals surface area (Å²) in [5.74, 6) is 1.59. The van der Waals surface area contributed by atoms with Crippen LogP contribution in [-0.2, 0) is 24.3 Å². The van der Waals surface area contributed by atoms with Crippen molar-refractivity contribution in [3.8, 4) is 0 Å². The molecule has 1 atom stereocenters. The molecule has 0 fully saturated rings. The Hall–Kier alpha value is -3.29. The first-order valence-corrected chi connectivity index (χ1v) is 8.96. The van der Waals surface area contributed by atoms with E-state index in [4.69, 9.17) is 4.98 Å². The Balaban J connectivity index is 1.41. The van der Waals surface area contributed by atoms with Gasteiger partial charge >= 0.3 is 0 Å². The van der Waals surface area contributed by atoms with Gasteiger partial charge in [-0.1, -0.05) is 6.07 Å². The zero-order valence-corrected chi connectivity index (χ0v) is 15.1. The molecule has 4 rings (SSSR count). The summed E-state index contributed by atoms with van der Waals surface area (Å²) in [6.45, 7) is 4.15. The molecule has 0 spiro atoms. The highest BCUT2D eigenvalue weighted by Gasteiger charge is 2.28. The predicted octanol–water partition coefficient (Wildman–Crippen LogP) is 1.51. The summed E-state index contributed by atoms with van der Waals surface area (Å²) in [5, 5.41) is 2.92. The summed E-state index contributed by atoms with van der Waals surface area (Å²) < 4.78 is 2.12. The second-order valence-electron chi connectivity index (χ2n) is 6.52. The van der Waals surface area contributed by atoms with Gasteiger partial charge in [-0.25, -0.2) is 15.0 Å². The molecule has 0 bridgehead atoms. The van der Waals surface area contributed by atoms with Crippen molar-refractivity contribution in [3.05, 3.63) is 66.3 Å². The summed E-state index contributed by atoms with van der Waals surface area (Å²) in [6.07, 6.45) is 9.18. The van der Waals surface area contributed by atoms with Gasteiger partial charge in [0, 0.05) is 50.6 Å². The Kier molecular flexibility index (Phi) is 4.78. The first-order valence-electron chi connectivity index (χ1n) is 8.96. The van der Waals surface area contributed by atoms with Crippen LogP contribution in [-0.4, -0.2) is 37.0 Å². The third kappa shape index (κ3) is 3.79. The Morgan fingerprint density at radius 3 is 2.85 bits per heavy atom. The quantitative estimate of drug-likeness (QED) is 0.739. The van der Waals surface area contributed by atoms with Crippen LogP contribution in [0.3, 0.4) is 0 Å². The van der Waals surface area contributed by atoms with Crippen LogP contribution in [0.4, 0.5) is 5.95 Å². The number of nitrogens with one attached hydrogen (secondary N) is 1. The van der Waals surface area contributed by atoms with Gasteiger partial charge in [0.1, 0.15) is 5.82 Å². The SMILES string of the molecule is CC1c2nc(CC(=O)NCc3cccnc3)cn2CCN1c1ncccn1. The van der Waals surface area contributed by atoms with Crippen LogP contribution in [0.1, 0.15) is 30.0 Å². The molecule has 3 aromatic heterocycles. The summed E-state index contributed by atoms with van der Waals surface area (Å²) in [5.41, 5.74) is 1.75. The molecule has 0 saturated carbocycles. The van der Waals surface area contributed by atoms with Crippen LogP contribution in [0, 0.1) is 0 Å². The maximum Gasteiger partial charge on any atom is 0.226 e. The highest BCUT2D eigenvalue weighted by atomic mass is 16.1. The molecule has 1 N–H and O–H groups in total. The minimum absolute atomic E-state index is 0.0494. The van der Waals surface area contributed by atoms with Gasteiger partial charge in [0.05, 0.1) is 18.2 Å². The molecule has 0 aromatic carbocycles. The molecule has 8 heteroatoms. The fourth-order valence-corrected chi connectivity index (χ4v) is 3.28. The first kappa shape index (κ1) is 17.1. The monoisotopic (exact) mass is 363 g/mol. The number of carbonyl (C=O) groups excluding carboxylic acids is 1. The highest BCUT2D eigenvalue weighted by Crippen LogP contribution is 2.27. The van der Waals surface area contributed by atoms with Crippen LogP contribution in [0.25, 0.3) is 0 Å². The van der Waals surface area contributed by atoms with E-state index < -0.39 is 0 Å². The maximum absolute atomic E-state index is 12.3. The van der Waals surface area contributed by atoms with E-state index in [0.29, 0.717) is 12.5 Å². The van der Waals surface area contributed by atoms with E-state index in [1.165, 1.54) is 0 Å². The molecule has 3 aromatic rings. The molecule has 1 aliphatic heterocycles. The fourth-order valence-electron chi connectivity index (χ4n) is 3.28. The number of pyridine rings is 1. The normalized spacial score (nSPS) is 16.0. The minimum Gasteiger partial charge on any atom is -0.352 e. The summed E-state index contributed by atoms with van der Waals surface area (Å²) in [4.78, 5) is 31.8. The standard InChI is InChI=1S/C19H21N7O/c1-14-18-24-16(10-17(27)23-12-15-4-2-5-20-11-15)13-25(18)8-9-26(14)19-21-6-3-7-22-19/h2-7,11,13-14H,8-10,12H2,1H3,(H,23,27). The molecule has 1 amide bonds. The number of hydrogen-bond acceptors (Lipinski definition) is 6. The fraction of sp³-hybridized carbons (Fsp3) is 0.316. The van der Waals surface area contributed by atoms with Crippen LogP contribution in [0.15, 0.2) is 49.2 Å². The van der Waals surface area contributed by atoms with Gasteiger partial charge in [-0.05, 0) is 24.6 Å². The Morgan fingerprint density at radius 2 is 2.07 bits per heavy atom. The average molecular weight is 363 g/mol. The van der Waals surface area contributed by atoms with Gasteiger partial charge in [-0.15, -0.1) is 0 Å². The predicted molar refractivity (Wildman–Crippen MR) is 99.8 cm³/mol. The van der Waals surface area contributed by atoms with E-state index >= 15 is 0 Å². The third-order valence-corrected chi connectivity index (χ3v) is 4.64. The molecule has 0 radical (unpaired) electrons. The second kappa shape index (κ2) is 7.53. The van der Waals surface area contributed by atoms with Gasteiger partial charge in [0.15, 0.2) is 0 Å². The summed E-state index contributed by atoms with van der Waals surface area (Å²) in [7, 11) is 0. The number of hydrogen-bond donors (Lipinski definition) is 1. The van der Waals surface area contributed by atoms with Gasteiger partial charge in [-0.2, -0.15) is 0 Å². The van der Waals surface area contributed by atoms with E-state index in [1.807, 2.05) is 18.3 Å². The lowest BCUT2D eigenvalue weighted by Crippen LogP contribution is -2.37.